The van der Waals surface area contributed by atoms with E-state index in [2.05, 4.69) is 20.7 Å². The van der Waals surface area contributed by atoms with Gasteiger partial charge >= 0.3 is 0 Å². The Labute approximate surface area is 99.6 Å². The number of aliphatic hydroxyl groups excluding tert-OH is 1. The molecule has 2 aliphatic carbocycles. The Morgan fingerprint density at radius 3 is 2.53 bits per heavy atom. The van der Waals surface area contributed by atoms with Crippen LogP contribution in [0.3, 0.4) is 0 Å². The van der Waals surface area contributed by atoms with Crippen molar-refractivity contribution in [3.05, 3.63) is 11.9 Å². The van der Waals surface area contributed by atoms with Crippen molar-refractivity contribution in [1.29, 1.82) is 0 Å². The van der Waals surface area contributed by atoms with Crippen LogP contribution in [0.1, 0.15) is 37.4 Å². The number of rotatable bonds is 4. The standard InChI is InChI=1S/C11H17N5O/c12-16-10-5-9(13-7-3-8(17)4-7)14-11(15-10)6-1-2-6/h5-8,17H,1-4,12H2,(H2,13,14,15,16). The minimum atomic E-state index is -0.163. The molecule has 17 heavy (non-hydrogen) atoms. The normalized spacial score (nSPS) is 27.4. The quantitative estimate of drug-likeness (QED) is 0.450. The molecule has 0 saturated heterocycles. The number of hydrogen-bond acceptors (Lipinski definition) is 6. The van der Waals surface area contributed by atoms with Gasteiger partial charge in [-0.05, 0) is 25.7 Å². The first-order valence-corrected chi connectivity index (χ1v) is 6.05. The third-order valence-corrected chi connectivity index (χ3v) is 3.30. The second-order valence-electron chi connectivity index (χ2n) is 4.88. The number of nitrogens with one attached hydrogen (secondary N) is 2. The van der Waals surface area contributed by atoms with Crippen LogP contribution in [0, 0.1) is 0 Å². The molecule has 1 aromatic heterocycles. The van der Waals surface area contributed by atoms with E-state index in [1.807, 2.05) is 0 Å². The Morgan fingerprint density at radius 1 is 1.24 bits per heavy atom. The van der Waals surface area contributed by atoms with Gasteiger partial charge in [0, 0.05) is 18.0 Å². The molecule has 2 saturated carbocycles. The highest BCUT2D eigenvalue weighted by atomic mass is 16.3. The summed E-state index contributed by atoms with van der Waals surface area (Å²) in [5, 5.41) is 12.5. The number of hydrogen-bond donors (Lipinski definition) is 4. The van der Waals surface area contributed by atoms with Gasteiger partial charge in [0.25, 0.3) is 0 Å². The summed E-state index contributed by atoms with van der Waals surface area (Å²) in [7, 11) is 0. The number of aromatic nitrogens is 2. The van der Waals surface area contributed by atoms with Crippen molar-refractivity contribution in [2.75, 3.05) is 10.7 Å². The highest BCUT2D eigenvalue weighted by Gasteiger charge is 2.29. The second kappa shape index (κ2) is 4.12. The van der Waals surface area contributed by atoms with Crippen LogP contribution in [-0.2, 0) is 0 Å². The molecule has 0 amide bonds. The van der Waals surface area contributed by atoms with E-state index in [9.17, 15) is 5.11 Å². The van der Waals surface area contributed by atoms with E-state index in [1.54, 1.807) is 6.07 Å². The molecule has 0 aliphatic heterocycles. The average Bonchev–Trinajstić information content (AvgIpc) is 3.10. The van der Waals surface area contributed by atoms with Gasteiger partial charge in [-0.3, -0.25) is 0 Å². The summed E-state index contributed by atoms with van der Waals surface area (Å²) in [5.74, 6) is 8.20. The molecule has 0 radical (unpaired) electrons. The maximum atomic E-state index is 9.24. The van der Waals surface area contributed by atoms with Crippen LogP contribution in [0.2, 0.25) is 0 Å². The zero-order valence-electron chi connectivity index (χ0n) is 9.56. The summed E-state index contributed by atoms with van der Waals surface area (Å²) < 4.78 is 0. The Balaban J connectivity index is 1.75. The first-order chi connectivity index (χ1) is 8.24. The van der Waals surface area contributed by atoms with Gasteiger partial charge in [-0.25, -0.2) is 15.8 Å². The van der Waals surface area contributed by atoms with Crippen molar-refractivity contribution >= 4 is 11.6 Å². The fraction of sp³-hybridized carbons (Fsp3) is 0.636. The molecule has 2 fully saturated rings. The van der Waals surface area contributed by atoms with E-state index in [-0.39, 0.29) is 6.10 Å². The van der Waals surface area contributed by atoms with E-state index in [4.69, 9.17) is 5.84 Å². The smallest absolute Gasteiger partial charge is 0.145 e. The molecule has 0 bridgehead atoms. The number of anilines is 2. The van der Waals surface area contributed by atoms with Crippen LogP contribution in [0.5, 0.6) is 0 Å². The van der Waals surface area contributed by atoms with Crippen molar-refractivity contribution in [2.45, 2.75) is 43.7 Å². The summed E-state index contributed by atoms with van der Waals surface area (Å²) >= 11 is 0. The summed E-state index contributed by atoms with van der Waals surface area (Å²) in [6.07, 6.45) is 3.73. The number of aliphatic hydroxyl groups is 1. The van der Waals surface area contributed by atoms with E-state index in [1.165, 1.54) is 0 Å². The predicted molar refractivity (Wildman–Crippen MR) is 64.5 cm³/mol. The first-order valence-electron chi connectivity index (χ1n) is 6.05. The van der Waals surface area contributed by atoms with Gasteiger partial charge in [-0.2, -0.15) is 0 Å². The largest absolute Gasteiger partial charge is 0.393 e. The molecule has 3 rings (SSSR count). The Bertz CT molecular complexity index is 414. The fourth-order valence-electron chi connectivity index (χ4n) is 2.05. The van der Waals surface area contributed by atoms with Gasteiger partial charge < -0.3 is 15.8 Å². The van der Waals surface area contributed by atoms with E-state index >= 15 is 0 Å². The Hall–Kier alpha value is -1.40. The van der Waals surface area contributed by atoms with Crippen molar-refractivity contribution in [3.63, 3.8) is 0 Å². The molecule has 5 N–H and O–H groups in total. The van der Waals surface area contributed by atoms with Crippen LogP contribution in [0.25, 0.3) is 0 Å². The lowest BCUT2D eigenvalue weighted by atomic mass is 9.89. The lowest BCUT2D eigenvalue weighted by molar-refractivity contribution is 0.0835. The maximum Gasteiger partial charge on any atom is 0.145 e. The second-order valence-corrected chi connectivity index (χ2v) is 4.88. The minimum absolute atomic E-state index is 0.163. The van der Waals surface area contributed by atoms with Gasteiger partial charge in [-0.15, -0.1) is 0 Å². The third-order valence-electron chi connectivity index (χ3n) is 3.30. The average molecular weight is 235 g/mol. The van der Waals surface area contributed by atoms with Gasteiger partial charge in [-0.1, -0.05) is 0 Å². The summed E-state index contributed by atoms with van der Waals surface area (Å²) in [6, 6.07) is 2.12. The molecule has 6 nitrogen and oxygen atoms in total. The highest BCUT2D eigenvalue weighted by molar-refractivity contribution is 5.48. The van der Waals surface area contributed by atoms with Gasteiger partial charge in [0.2, 0.25) is 0 Å². The van der Waals surface area contributed by atoms with Crippen LogP contribution >= 0.6 is 0 Å². The summed E-state index contributed by atoms with van der Waals surface area (Å²) in [4.78, 5) is 8.83. The van der Waals surface area contributed by atoms with Crippen molar-refractivity contribution in [2.24, 2.45) is 5.84 Å². The van der Waals surface area contributed by atoms with Gasteiger partial charge in [0.05, 0.1) is 6.10 Å². The molecular formula is C11H17N5O. The zero-order chi connectivity index (χ0) is 11.8. The van der Waals surface area contributed by atoms with Crippen LogP contribution in [0.4, 0.5) is 11.6 Å². The number of nitrogens with zero attached hydrogens (tertiary/aromatic N) is 2. The van der Waals surface area contributed by atoms with E-state index < -0.39 is 0 Å². The van der Waals surface area contributed by atoms with E-state index in [0.29, 0.717) is 17.8 Å². The van der Waals surface area contributed by atoms with Crippen molar-refractivity contribution in [1.82, 2.24) is 9.97 Å². The maximum absolute atomic E-state index is 9.24. The molecule has 1 heterocycles. The lowest BCUT2D eigenvalue weighted by Gasteiger charge is -2.32. The Morgan fingerprint density at radius 2 is 1.94 bits per heavy atom. The molecule has 92 valence electrons. The monoisotopic (exact) mass is 235 g/mol. The van der Waals surface area contributed by atoms with Crippen LogP contribution in [-0.4, -0.2) is 27.2 Å². The molecule has 0 atom stereocenters. The molecule has 2 aliphatic rings. The summed E-state index contributed by atoms with van der Waals surface area (Å²) in [6.45, 7) is 0. The van der Waals surface area contributed by atoms with Crippen molar-refractivity contribution < 1.29 is 5.11 Å². The predicted octanol–water partition coefficient (Wildman–Crippen LogP) is 0.575. The first kappa shape index (κ1) is 10.7. The molecule has 0 aromatic carbocycles. The third kappa shape index (κ3) is 2.32. The molecule has 1 aromatic rings. The summed E-state index contributed by atoms with van der Waals surface area (Å²) in [5.41, 5.74) is 2.57. The SMILES string of the molecule is NNc1cc(NC2CC(O)C2)nc(C2CC2)n1. The van der Waals surface area contributed by atoms with E-state index in [0.717, 1.165) is 37.3 Å². The zero-order valence-corrected chi connectivity index (χ0v) is 9.56. The Kier molecular flexibility index (Phi) is 2.60. The van der Waals surface area contributed by atoms with Crippen LogP contribution < -0.4 is 16.6 Å². The molecular weight excluding hydrogens is 218 g/mol. The highest BCUT2D eigenvalue weighted by Crippen LogP contribution is 2.39. The van der Waals surface area contributed by atoms with Crippen molar-refractivity contribution in [3.8, 4) is 0 Å². The topological polar surface area (TPSA) is 96.1 Å². The van der Waals surface area contributed by atoms with Gasteiger partial charge in [0.15, 0.2) is 0 Å². The minimum Gasteiger partial charge on any atom is -0.393 e. The fourth-order valence-corrected chi connectivity index (χ4v) is 2.05. The molecule has 0 spiro atoms. The van der Waals surface area contributed by atoms with Crippen LogP contribution in [0.15, 0.2) is 6.07 Å². The number of nitrogen functional groups attached to an aromatic ring is 1. The van der Waals surface area contributed by atoms with Gasteiger partial charge in [0.1, 0.15) is 17.5 Å². The molecule has 6 heteroatoms. The number of nitrogens with two attached hydrogens (primary N) is 1. The molecule has 0 unspecified atom stereocenters. The number of hydrazine groups is 1. The lowest BCUT2D eigenvalue weighted by Crippen LogP contribution is -2.39.